The van der Waals surface area contributed by atoms with E-state index in [0.29, 0.717) is 61.2 Å². The molecule has 1 saturated carbocycles. The molecule has 0 bridgehead atoms. The normalized spacial score (nSPS) is 18.8. The van der Waals surface area contributed by atoms with E-state index in [-0.39, 0.29) is 19.2 Å². The maximum Gasteiger partial charge on any atom is 0.319 e. The number of aliphatic hydroxyl groups is 1. The van der Waals surface area contributed by atoms with Gasteiger partial charge in [0.25, 0.3) is 0 Å². The molecule has 3 aromatic rings. The van der Waals surface area contributed by atoms with Gasteiger partial charge in [-0.25, -0.2) is 23.5 Å². The first-order valence-corrected chi connectivity index (χ1v) is 14.4. The minimum Gasteiger partial charge on any atom is -0.395 e. The number of carbonyl (C=O) groups is 1. The summed E-state index contributed by atoms with van der Waals surface area (Å²) >= 11 is 0. The predicted molar refractivity (Wildman–Crippen MR) is 148 cm³/mol. The Bertz CT molecular complexity index is 1390. The molecule has 1 saturated heterocycles. The molecule has 40 heavy (non-hydrogen) atoms. The molecule has 0 unspecified atom stereocenters. The fourth-order valence-electron chi connectivity index (χ4n) is 4.76. The number of ether oxygens (including phenoxy) is 1. The van der Waals surface area contributed by atoms with Gasteiger partial charge in [0, 0.05) is 30.4 Å². The fraction of sp³-hybridized carbons (Fsp3) is 0.370. The molecule has 214 valence electrons. The zero-order valence-electron chi connectivity index (χ0n) is 21.8. The van der Waals surface area contributed by atoms with Gasteiger partial charge in [0.05, 0.1) is 36.5 Å². The van der Waals surface area contributed by atoms with Crippen LogP contribution in [-0.4, -0.2) is 69.2 Å². The van der Waals surface area contributed by atoms with Gasteiger partial charge < -0.3 is 25.4 Å². The Morgan fingerprint density at radius 3 is 2.58 bits per heavy atom. The lowest BCUT2D eigenvalue weighted by Gasteiger charge is -2.41. The summed E-state index contributed by atoms with van der Waals surface area (Å²) in [5.41, 5.74) is 1.45. The second kappa shape index (κ2) is 11.3. The van der Waals surface area contributed by atoms with Crippen molar-refractivity contribution in [1.29, 1.82) is 0 Å². The van der Waals surface area contributed by atoms with Crippen molar-refractivity contribution in [2.45, 2.75) is 35.4 Å². The summed E-state index contributed by atoms with van der Waals surface area (Å²) in [5, 5.41) is 14.0. The van der Waals surface area contributed by atoms with Gasteiger partial charge in [-0.2, -0.15) is 10.6 Å². The first-order chi connectivity index (χ1) is 19.1. The molecule has 1 aliphatic carbocycles. The van der Waals surface area contributed by atoms with Crippen LogP contribution in [0.5, 0.6) is 0 Å². The number of nitrogens with zero attached hydrogens (tertiary/aromatic N) is 3. The number of carbonyl (C=O) groups excluding carboxylic acids is 1. The highest BCUT2D eigenvalue weighted by Gasteiger charge is 2.58. The Balaban J connectivity index is 1.54. The summed E-state index contributed by atoms with van der Waals surface area (Å²) in [6, 6.07) is 10.7. The molecule has 1 aromatic heterocycles. The minimum atomic E-state index is -3.84. The van der Waals surface area contributed by atoms with Gasteiger partial charge in [0.1, 0.15) is 22.2 Å². The number of nitrogens with one attached hydrogen (secondary N) is 2. The highest BCUT2D eigenvalue weighted by Crippen LogP contribution is 2.75. The van der Waals surface area contributed by atoms with Crippen molar-refractivity contribution < 1.29 is 32.5 Å². The lowest BCUT2D eigenvalue weighted by Crippen LogP contribution is -2.44. The number of rotatable bonds is 8. The van der Waals surface area contributed by atoms with E-state index in [1.54, 1.807) is 30.3 Å². The van der Waals surface area contributed by atoms with Gasteiger partial charge in [-0.1, -0.05) is 0 Å². The number of hydrogen-bond acceptors (Lipinski definition) is 8. The summed E-state index contributed by atoms with van der Waals surface area (Å²) in [6.07, 6.45) is 0.650. The van der Waals surface area contributed by atoms with Crippen LogP contribution in [0.3, 0.4) is 0 Å². The van der Waals surface area contributed by atoms with E-state index < -0.39 is 37.9 Å². The number of anilines is 2. The number of morpholine rings is 1. The molecule has 2 amide bonds. The Kier molecular flexibility index (Phi) is 7.93. The Morgan fingerprint density at radius 1 is 1.15 bits per heavy atom. The molecule has 13 heteroatoms. The van der Waals surface area contributed by atoms with Gasteiger partial charge >= 0.3 is 6.03 Å². The van der Waals surface area contributed by atoms with Crippen LogP contribution >= 0.6 is 10.6 Å². The van der Waals surface area contributed by atoms with E-state index in [0.717, 1.165) is 18.2 Å². The van der Waals surface area contributed by atoms with Gasteiger partial charge in [0.2, 0.25) is 0 Å². The van der Waals surface area contributed by atoms with Crippen LogP contribution in [0.15, 0.2) is 53.4 Å². The standard InChI is InChI=1S/C27H31F2N5O5S/c1-17-16-39-13-11-34(17)24-15-23(27(8-9-27)40(37,38)22-14-19(28)4-7-21(22)29)32-25(33-24)18-2-5-20(6-3-18)31-26(36)30-10-12-35/h2-7,14-15,17,35,37-38H,8-13,16H2,1H3,(H2,30,31,36)/t17-/m0/s1. The molecule has 0 spiro atoms. The highest BCUT2D eigenvalue weighted by atomic mass is 32.3. The lowest BCUT2D eigenvalue weighted by molar-refractivity contribution is 0.0985. The van der Waals surface area contributed by atoms with Crippen LogP contribution in [0.1, 0.15) is 25.5 Å². The van der Waals surface area contributed by atoms with Crippen LogP contribution in [-0.2, 0) is 9.48 Å². The van der Waals surface area contributed by atoms with Gasteiger partial charge in [0.15, 0.2) is 5.82 Å². The molecule has 1 atom stereocenters. The topological polar surface area (TPSA) is 140 Å². The van der Waals surface area contributed by atoms with Crippen LogP contribution < -0.4 is 15.5 Å². The van der Waals surface area contributed by atoms with Crippen molar-refractivity contribution in [2.24, 2.45) is 0 Å². The summed E-state index contributed by atoms with van der Waals surface area (Å²) < 4.78 is 55.9. The third kappa shape index (κ3) is 5.47. The first-order valence-electron chi connectivity index (χ1n) is 12.9. The molecule has 1 aliphatic heterocycles. The lowest BCUT2D eigenvalue weighted by atomic mass is 10.1. The number of amides is 2. The Labute approximate surface area is 231 Å². The number of hydrogen-bond donors (Lipinski definition) is 5. The van der Waals surface area contributed by atoms with Crippen molar-refractivity contribution >= 4 is 28.1 Å². The summed E-state index contributed by atoms with van der Waals surface area (Å²) in [7, 11) is -3.84. The van der Waals surface area contributed by atoms with E-state index in [9.17, 15) is 22.7 Å². The molecule has 10 nitrogen and oxygen atoms in total. The van der Waals surface area contributed by atoms with E-state index in [2.05, 4.69) is 10.6 Å². The quantitative estimate of drug-likeness (QED) is 0.263. The number of aromatic nitrogens is 2. The minimum absolute atomic E-state index is 0.00969. The van der Waals surface area contributed by atoms with E-state index in [1.807, 2.05) is 11.8 Å². The van der Waals surface area contributed by atoms with Crippen molar-refractivity contribution in [3.05, 3.63) is 65.9 Å². The molecule has 2 aliphatic rings. The second-order valence-corrected chi connectivity index (χ2v) is 12.2. The zero-order chi connectivity index (χ0) is 28.5. The summed E-state index contributed by atoms with van der Waals surface area (Å²) in [4.78, 5) is 23.0. The van der Waals surface area contributed by atoms with Crippen LogP contribution in [0.25, 0.3) is 11.4 Å². The zero-order valence-corrected chi connectivity index (χ0v) is 22.6. The van der Waals surface area contributed by atoms with Crippen molar-refractivity contribution in [3.63, 3.8) is 0 Å². The highest BCUT2D eigenvalue weighted by molar-refractivity contribution is 8.25. The average molecular weight is 576 g/mol. The second-order valence-electron chi connectivity index (χ2n) is 9.85. The van der Waals surface area contributed by atoms with E-state index in [4.69, 9.17) is 19.8 Å². The first kappa shape index (κ1) is 28.2. The van der Waals surface area contributed by atoms with E-state index >= 15 is 0 Å². The molecule has 5 rings (SSSR count). The molecule has 0 radical (unpaired) electrons. The van der Waals surface area contributed by atoms with E-state index in [1.165, 1.54) is 0 Å². The maximum atomic E-state index is 14.7. The molecule has 2 heterocycles. The summed E-state index contributed by atoms with van der Waals surface area (Å²) in [5.74, 6) is -0.793. The number of halogens is 2. The van der Waals surface area contributed by atoms with Crippen LogP contribution in [0, 0.1) is 11.6 Å². The van der Waals surface area contributed by atoms with Gasteiger partial charge in [-0.15, -0.1) is 0 Å². The summed E-state index contributed by atoms with van der Waals surface area (Å²) in [6.45, 7) is 3.47. The molecule has 2 fully saturated rings. The monoisotopic (exact) mass is 575 g/mol. The van der Waals surface area contributed by atoms with Gasteiger partial charge in [-0.05, 0) is 62.2 Å². The van der Waals surface area contributed by atoms with Crippen LogP contribution in [0.4, 0.5) is 25.1 Å². The number of urea groups is 1. The average Bonchev–Trinajstić information content (AvgIpc) is 3.77. The third-order valence-corrected chi connectivity index (χ3v) is 9.72. The van der Waals surface area contributed by atoms with Crippen molar-refractivity contribution in [1.82, 2.24) is 15.3 Å². The molecular weight excluding hydrogens is 544 g/mol. The molecule has 2 aromatic carbocycles. The number of aliphatic hydroxyl groups excluding tert-OH is 1. The molecular formula is C27H31F2N5O5S. The maximum absolute atomic E-state index is 14.7. The largest absolute Gasteiger partial charge is 0.395 e. The Morgan fingerprint density at radius 2 is 1.90 bits per heavy atom. The van der Waals surface area contributed by atoms with Crippen molar-refractivity contribution in [2.75, 3.05) is 43.1 Å². The smallest absolute Gasteiger partial charge is 0.319 e. The predicted octanol–water partition coefficient (Wildman–Crippen LogP) is 4.56. The van der Waals surface area contributed by atoms with Gasteiger partial charge in [-0.3, -0.25) is 9.11 Å². The SMILES string of the molecule is C[C@H]1COCCN1c1cc(C2(S(O)(O)c3cc(F)ccc3F)CC2)nc(-c2ccc(NC(=O)NCCO)cc2)n1. The molecule has 5 N–H and O–H groups in total. The van der Waals surface area contributed by atoms with Crippen LogP contribution in [0.2, 0.25) is 0 Å². The third-order valence-electron chi connectivity index (χ3n) is 7.09. The Hall–Kier alpha value is -3.36. The fourth-order valence-corrected chi connectivity index (χ4v) is 6.87. The van der Waals surface area contributed by atoms with Crippen molar-refractivity contribution in [3.8, 4) is 11.4 Å². The number of benzene rings is 2.